The minimum atomic E-state index is 0.362. The number of thiophene rings is 1. The standard InChI is InChI=1S/C13H7Br2Cl2N3S/c14-5-4-8(21-12(5)15)11-10(13(18)20-19-11)9-6(16)2-1-3-7(9)17/h1-4H,(H3,18,19,20). The number of benzene rings is 1. The van der Waals surface area contributed by atoms with Crippen LogP contribution in [-0.2, 0) is 0 Å². The van der Waals surface area contributed by atoms with Crippen LogP contribution in [0.2, 0.25) is 10.0 Å². The fourth-order valence-electron chi connectivity index (χ4n) is 1.99. The molecule has 0 aliphatic carbocycles. The summed E-state index contributed by atoms with van der Waals surface area (Å²) in [5, 5.41) is 8.13. The number of nitrogens with one attached hydrogen (secondary N) is 1. The minimum Gasteiger partial charge on any atom is -0.382 e. The van der Waals surface area contributed by atoms with E-state index in [-0.39, 0.29) is 0 Å². The molecular formula is C13H7Br2Cl2N3S. The maximum Gasteiger partial charge on any atom is 0.153 e. The first-order valence-electron chi connectivity index (χ1n) is 5.72. The Morgan fingerprint density at radius 1 is 1.14 bits per heavy atom. The predicted molar refractivity (Wildman–Crippen MR) is 97.2 cm³/mol. The first kappa shape index (κ1) is 15.4. The Morgan fingerprint density at radius 3 is 2.38 bits per heavy atom. The van der Waals surface area contributed by atoms with Gasteiger partial charge in [-0.1, -0.05) is 29.3 Å². The number of nitrogens with two attached hydrogens (primary N) is 1. The van der Waals surface area contributed by atoms with E-state index in [0.717, 1.165) is 18.8 Å². The molecule has 108 valence electrons. The Labute approximate surface area is 151 Å². The average Bonchev–Trinajstić information content (AvgIpc) is 2.94. The zero-order valence-corrected chi connectivity index (χ0v) is 15.8. The zero-order valence-electron chi connectivity index (χ0n) is 10.3. The highest BCUT2D eigenvalue weighted by atomic mass is 79.9. The summed E-state index contributed by atoms with van der Waals surface area (Å²) < 4.78 is 1.95. The van der Waals surface area contributed by atoms with E-state index in [1.165, 1.54) is 0 Å². The van der Waals surface area contributed by atoms with Crippen LogP contribution >= 0.6 is 66.4 Å². The highest BCUT2D eigenvalue weighted by Gasteiger charge is 2.21. The summed E-state index contributed by atoms with van der Waals surface area (Å²) in [6, 6.07) is 7.33. The molecule has 0 saturated carbocycles. The SMILES string of the molecule is Nc1n[nH]c(-c2cc(Br)c(Br)s2)c1-c1c(Cl)cccc1Cl. The molecule has 0 saturated heterocycles. The van der Waals surface area contributed by atoms with Crippen molar-refractivity contribution in [3.63, 3.8) is 0 Å². The zero-order chi connectivity index (χ0) is 15.1. The van der Waals surface area contributed by atoms with Crippen LogP contribution in [0.3, 0.4) is 0 Å². The Bertz CT molecular complexity index is 789. The van der Waals surface area contributed by atoms with Crippen molar-refractivity contribution in [3.8, 4) is 21.7 Å². The van der Waals surface area contributed by atoms with Gasteiger partial charge in [-0.3, -0.25) is 5.10 Å². The van der Waals surface area contributed by atoms with Gasteiger partial charge in [-0.05, 0) is 50.1 Å². The maximum atomic E-state index is 6.29. The van der Waals surface area contributed by atoms with Gasteiger partial charge in [0, 0.05) is 10.0 Å². The van der Waals surface area contributed by atoms with E-state index in [9.17, 15) is 0 Å². The Kier molecular flexibility index (Phi) is 4.34. The van der Waals surface area contributed by atoms with Crippen molar-refractivity contribution in [1.29, 1.82) is 0 Å². The molecule has 2 heterocycles. The van der Waals surface area contributed by atoms with Crippen molar-refractivity contribution in [2.24, 2.45) is 0 Å². The molecule has 0 amide bonds. The van der Waals surface area contributed by atoms with E-state index in [2.05, 4.69) is 42.1 Å². The number of halogens is 4. The third-order valence-corrected chi connectivity index (χ3v) is 6.80. The predicted octanol–water partition coefficient (Wildman–Crippen LogP) is 6.22. The monoisotopic (exact) mass is 465 g/mol. The molecule has 2 aromatic heterocycles. The van der Waals surface area contributed by atoms with Crippen LogP contribution in [-0.4, -0.2) is 10.2 Å². The van der Waals surface area contributed by atoms with Gasteiger partial charge in [0.15, 0.2) is 5.82 Å². The van der Waals surface area contributed by atoms with E-state index in [0.29, 0.717) is 27.0 Å². The molecule has 1 aromatic carbocycles. The fourth-order valence-corrected chi connectivity index (χ4v) is 4.62. The van der Waals surface area contributed by atoms with Crippen LogP contribution in [0.5, 0.6) is 0 Å². The number of hydrogen-bond donors (Lipinski definition) is 2. The van der Waals surface area contributed by atoms with Crippen LogP contribution in [0, 0.1) is 0 Å². The summed E-state index contributed by atoms with van der Waals surface area (Å²) in [6.45, 7) is 0. The lowest BCUT2D eigenvalue weighted by atomic mass is 10.0. The van der Waals surface area contributed by atoms with E-state index in [1.807, 2.05) is 6.07 Å². The second kappa shape index (κ2) is 5.93. The van der Waals surface area contributed by atoms with Crippen LogP contribution in [0.25, 0.3) is 21.7 Å². The van der Waals surface area contributed by atoms with Gasteiger partial charge in [0.1, 0.15) is 0 Å². The van der Waals surface area contributed by atoms with Gasteiger partial charge in [0.05, 0.1) is 30.0 Å². The van der Waals surface area contributed by atoms with Gasteiger partial charge in [0.25, 0.3) is 0 Å². The molecule has 0 fully saturated rings. The van der Waals surface area contributed by atoms with Gasteiger partial charge < -0.3 is 5.73 Å². The summed E-state index contributed by atoms with van der Waals surface area (Å²) >= 11 is 21.1. The first-order valence-corrected chi connectivity index (χ1v) is 8.88. The molecule has 3 rings (SSSR count). The summed E-state index contributed by atoms with van der Waals surface area (Å²) in [4.78, 5) is 0.976. The molecule has 0 aliphatic rings. The number of anilines is 1. The topological polar surface area (TPSA) is 54.7 Å². The summed E-state index contributed by atoms with van der Waals surface area (Å²) in [5.74, 6) is 0.362. The van der Waals surface area contributed by atoms with Gasteiger partial charge in [0.2, 0.25) is 0 Å². The van der Waals surface area contributed by atoms with Crippen molar-refractivity contribution >= 4 is 72.2 Å². The molecular weight excluding hydrogens is 461 g/mol. The number of H-pyrrole nitrogens is 1. The Balaban J connectivity index is 2.27. The van der Waals surface area contributed by atoms with E-state index < -0.39 is 0 Å². The molecule has 0 aliphatic heterocycles. The van der Waals surface area contributed by atoms with Gasteiger partial charge >= 0.3 is 0 Å². The van der Waals surface area contributed by atoms with E-state index >= 15 is 0 Å². The molecule has 0 bridgehead atoms. The largest absolute Gasteiger partial charge is 0.382 e. The van der Waals surface area contributed by atoms with E-state index in [4.69, 9.17) is 28.9 Å². The normalized spacial score (nSPS) is 11.0. The smallest absolute Gasteiger partial charge is 0.153 e. The molecule has 8 heteroatoms. The average molecular weight is 468 g/mol. The highest BCUT2D eigenvalue weighted by molar-refractivity contribution is 9.13. The van der Waals surface area contributed by atoms with Crippen molar-refractivity contribution in [3.05, 3.63) is 42.6 Å². The number of nitrogen functional groups attached to an aromatic ring is 1. The van der Waals surface area contributed by atoms with Gasteiger partial charge in [-0.15, -0.1) is 11.3 Å². The van der Waals surface area contributed by atoms with Crippen LogP contribution in [0.15, 0.2) is 32.5 Å². The molecule has 3 nitrogen and oxygen atoms in total. The van der Waals surface area contributed by atoms with E-state index in [1.54, 1.807) is 29.5 Å². The second-order valence-electron chi connectivity index (χ2n) is 4.19. The Hall–Kier alpha value is -0.530. The third kappa shape index (κ3) is 2.75. The molecule has 0 unspecified atom stereocenters. The molecule has 21 heavy (non-hydrogen) atoms. The lowest BCUT2D eigenvalue weighted by Gasteiger charge is -2.07. The number of nitrogens with zero attached hydrogens (tertiary/aromatic N) is 1. The number of aromatic nitrogens is 2. The number of rotatable bonds is 2. The Morgan fingerprint density at radius 2 is 1.81 bits per heavy atom. The van der Waals surface area contributed by atoms with Crippen molar-refractivity contribution in [1.82, 2.24) is 10.2 Å². The lowest BCUT2D eigenvalue weighted by Crippen LogP contribution is -1.90. The number of aromatic amines is 1. The van der Waals surface area contributed by atoms with Crippen LogP contribution < -0.4 is 5.73 Å². The summed E-state index contributed by atoms with van der Waals surface area (Å²) in [6.07, 6.45) is 0. The van der Waals surface area contributed by atoms with Crippen molar-refractivity contribution in [2.45, 2.75) is 0 Å². The number of hydrogen-bond acceptors (Lipinski definition) is 3. The molecule has 0 radical (unpaired) electrons. The first-order chi connectivity index (χ1) is 9.99. The second-order valence-corrected chi connectivity index (χ2v) is 8.23. The maximum absolute atomic E-state index is 6.29. The van der Waals surface area contributed by atoms with Crippen molar-refractivity contribution in [2.75, 3.05) is 5.73 Å². The summed E-state index contributed by atoms with van der Waals surface area (Å²) in [7, 11) is 0. The van der Waals surface area contributed by atoms with Gasteiger partial charge in [-0.25, -0.2) is 0 Å². The molecule has 3 aromatic rings. The minimum absolute atomic E-state index is 0.362. The molecule has 3 N–H and O–H groups in total. The fraction of sp³-hybridized carbons (Fsp3) is 0. The van der Waals surface area contributed by atoms with Crippen molar-refractivity contribution < 1.29 is 0 Å². The lowest BCUT2D eigenvalue weighted by molar-refractivity contribution is 1.11. The van der Waals surface area contributed by atoms with Gasteiger partial charge in [-0.2, -0.15) is 5.10 Å². The quantitative estimate of drug-likeness (QED) is 0.470. The molecule has 0 atom stereocenters. The highest BCUT2D eigenvalue weighted by Crippen LogP contribution is 2.46. The third-order valence-electron chi connectivity index (χ3n) is 2.90. The summed E-state index contributed by atoms with van der Waals surface area (Å²) in [5.41, 5.74) is 8.20. The van der Waals surface area contributed by atoms with Crippen LogP contribution in [0.1, 0.15) is 0 Å². The molecule has 0 spiro atoms. The van der Waals surface area contributed by atoms with Crippen LogP contribution in [0.4, 0.5) is 5.82 Å².